The van der Waals surface area contributed by atoms with Gasteiger partial charge in [0.05, 0.1) is 6.10 Å². The second kappa shape index (κ2) is 8.58. The number of aliphatic hydroxyl groups is 3. The minimum Gasteiger partial charge on any atom is -0.481 e. The smallest absolute Gasteiger partial charge is 0.303 e. The summed E-state index contributed by atoms with van der Waals surface area (Å²) in [6.45, 7) is 3.37. The number of unbranched alkanes of at least 4 members (excludes halogenated alkanes) is 1. The Labute approximate surface area is 195 Å². The number of carboxylic acids is 1. The first-order chi connectivity index (χ1) is 15.5. The minimum atomic E-state index is -1.61. The van der Waals surface area contributed by atoms with E-state index in [2.05, 4.69) is 6.92 Å². The first kappa shape index (κ1) is 24.6. The van der Waals surface area contributed by atoms with Crippen molar-refractivity contribution in [3.8, 4) is 0 Å². The molecule has 4 rings (SSSR count). The maximum absolute atomic E-state index is 12.8. The normalized spacial score (nSPS) is 44.5. The summed E-state index contributed by atoms with van der Waals surface area (Å²) in [4.78, 5) is 36.2. The van der Waals surface area contributed by atoms with Crippen molar-refractivity contribution in [2.75, 3.05) is 6.61 Å². The van der Waals surface area contributed by atoms with Crippen LogP contribution in [0.3, 0.4) is 0 Å². The first-order valence-corrected chi connectivity index (χ1v) is 12.5. The third-order valence-electron chi connectivity index (χ3n) is 10.0. The highest BCUT2D eigenvalue weighted by molar-refractivity contribution is 5.94. The lowest BCUT2D eigenvalue weighted by Crippen LogP contribution is -2.62. The molecule has 8 atom stereocenters. The van der Waals surface area contributed by atoms with Crippen molar-refractivity contribution < 1.29 is 34.8 Å². The van der Waals surface area contributed by atoms with E-state index in [4.69, 9.17) is 5.11 Å². The van der Waals surface area contributed by atoms with E-state index in [1.165, 1.54) is 0 Å². The Morgan fingerprint density at radius 2 is 1.88 bits per heavy atom. The molecule has 3 fully saturated rings. The standard InChI is InChI=1S/C26H38O7/c1-24-12-15(5-3-4-6-22(31)32)19(28)11-16(24)7-8-17-18-9-10-26(33,21(30)14-27)25(18,2)13-20(29)23(17)24/h11,15,17-18,20,23,27,29,33H,3-10,12-14H2,1-2H3,(H,31,32)/t15?,17-,18-,20+,23+,24-,25-,26-/m0/s1. The number of carboxylic acid groups (broad SMARTS) is 1. The third kappa shape index (κ3) is 3.71. The average molecular weight is 463 g/mol. The van der Waals surface area contributed by atoms with Gasteiger partial charge in [-0.15, -0.1) is 0 Å². The molecular weight excluding hydrogens is 424 g/mol. The van der Waals surface area contributed by atoms with E-state index in [1.807, 2.05) is 6.92 Å². The molecule has 7 heteroatoms. The molecule has 33 heavy (non-hydrogen) atoms. The number of hydrogen-bond donors (Lipinski definition) is 4. The monoisotopic (exact) mass is 462 g/mol. The lowest BCUT2D eigenvalue weighted by atomic mass is 9.44. The zero-order valence-corrected chi connectivity index (χ0v) is 19.8. The van der Waals surface area contributed by atoms with Crippen LogP contribution < -0.4 is 0 Å². The van der Waals surface area contributed by atoms with Crippen molar-refractivity contribution in [2.45, 2.75) is 89.8 Å². The van der Waals surface area contributed by atoms with E-state index in [-0.39, 0.29) is 41.3 Å². The van der Waals surface area contributed by atoms with Crippen LogP contribution in [0.1, 0.15) is 78.1 Å². The molecule has 0 aromatic rings. The lowest BCUT2D eigenvalue weighted by molar-refractivity contribution is -0.183. The zero-order valence-electron chi connectivity index (χ0n) is 19.8. The van der Waals surface area contributed by atoms with Gasteiger partial charge in [0.2, 0.25) is 0 Å². The maximum Gasteiger partial charge on any atom is 0.303 e. The number of fused-ring (bicyclic) bond motifs is 5. The van der Waals surface area contributed by atoms with E-state index in [9.17, 15) is 29.7 Å². The van der Waals surface area contributed by atoms with Crippen LogP contribution in [0.15, 0.2) is 11.6 Å². The van der Waals surface area contributed by atoms with Crippen LogP contribution in [0.2, 0.25) is 0 Å². The van der Waals surface area contributed by atoms with E-state index in [0.717, 1.165) is 18.4 Å². The Morgan fingerprint density at radius 3 is 2.55 bits per heavy atom. The molecule has 184 valence electrons. The fourth-order valence-corrected chi connectivity index (χ4v) is 8.38. The Balaban J connectivity index is 1.59. The molecule has 7 nitrogen and oxygen atoms in total. The van der Waals surface area contributed by atoms with Crippen molar-refractivity contribution in [2.24, 2.45) is 34.5 Å². The number of Topliss-reactive ketones (excluding diaryl/α,β-unsaturated/α-hetero) is 1. The van der Waals surface area contributed by atoms with Gasteiger partial charge in [0.15, 0.2) is 11.6 Å². The predicted molar refractivity (Wildman–Crippen MR) is 120 cm³/mol. The molecular formula is C26H38O7. The minimum absolute atomic E-state index is 0.0447. The number of hydrogen-bond acceptors (Lipinski definition) is 6. The first-order valence-electron chi connectivity index (χ1n) is 12.5. The average Bonchev–Trinajstić information content (AvgIpc) is 3.02. The molecule has 0 bridgehead atoms. The van der Waals surface area contributed by atoms with Crippen molar-refractivity contribution in [3.63, 3.8) is 0 Å². The number of rotatable bonds is 7. The van der Waals surface area contributed by atoms with Crippen molar-refractivity contribution in [1.29, 1.82) is 0 Å². The fourth-order valence-electron chi connectivity index (χ4n) is 8.38. The molecule has 0 heterocycles. The van der Waals surface area contributed by atoms with Crippen LogP contribution in [-0.4, -0.2) is 56.3 Å². The molecule has 0 aliphatic heterocycles. The third-order valence-corrected chi connectivity index (χ3v) is 10.0. The van der Waals surface area contributed by atoms with E-state index in [1.54, 1.807) is 6.08 Å². The number of ketones is 2. The number of allylic oxidation sites excluding steroid dienone is 1. The number of aliphatic hydroxyl groups excluding tert-OH is 2. The molecule has 0 amide bonds. The topological polar surface area (TPSA) is 132 Å². The molecule has 0 aromatic heterocycles. The van der Waals surface area contributed by atoms with Gasteiger partial charge in [0.1, 0.15) is 12.2 Å². The van der Waals surface area contributed by atoms with Gasteiger partial charge in [-0.1, -0.05) is 25.8 Å². The molecule has 4 N–H and O–H groups in total. The van der Waals surface area contributed by atoms with Crippen LogP contribution in [0, 0.1) is 34.5 Å². The van der Waals surface area contributed by atoms with E-state index in [0.29, 0.717) is 44.9 Å². The summed E-state index contributed by atoms with van der Waals surface area (Å²) < 4.78 is 0. The van der Waals surface area contributed by atoms with Gasteiger partial charge in [0, 0.05) is 17.8 Å². The summed E-state index contributed by atoms with van der Waals surface area (Å²) in [5.41, 5.74) is -1.59. The zero-order chi connectivity index (χ0) is 24.2. The highest BCUT2D eigenvalue weighted by atomic mass is 16.4. The Hall–Kier alpha value is -1.57. The van der Waals surface area contributed by atoms with Gasteiger partial charge in [-0.2, -0.15) is 0 Å². The quantitative estimate of drug-likeness (QED) is 0.428. The summed E-state index contributed by atoms with van der Waals surface area (Å²) in [5.74, 6) is -1.24. The highest BCUT2D eigenvalue weighted by Gasteiger charge is 2.68. The van der Waals surface area contributed by atoms with Crippen molar-refractivity contribution in [3.05, 3.63) is 11.6 Å². The van der Waals surface area contributed by atoms with Crippen LogP contribution in [0.25, 0.3) is 0 Å². The lowest BCUT2D eigenvalue weighted by Gasteiger charge is -2.61. The van der Waals surface area contributed by atoms with Gasteiger partial charge in [0.25, 0.3) is 0 Å². The van der Waals surface area contributed by atoms with E-state index < -0.39 is 35.5 Å². The SMILES string of the molecule is C[C@]12CC(CCCCC(=O)O)C(=O)C=C1CC[C@@H]1[C@@H]2[C@H](O)C[C@@]2(C)[C@H]1CC[C@]2(O)C(=O)CO. The second-order valence-electron chi connectivity index (χ2n) is 11.5. The molecule has 0 saturated heterocycles. The predicted octanol–water partition coefficient (Wildman–Crippen LogP) is 2.65. The van der Waals surface area contributed by atoms with E-state index >= 15 is 0 Å². The molecule has 0 aromatic carbocycles. The second-order valence-corrected chi connectivity index (χ2v) is 11.5. The van der Waals surface area contributed by atoms with Crippen molar-refractivity contribution in [1.82, 2.24) is 0 Å². The fraction of sp³-hybridized carbons (Fsp3) is 0.808. The largest absolute Gasteiger partial charge is 0.481 e. The molecule has 4 aliphatic carbocycles. The van der Waals surface area contributed by atoms with Gasteiger partial charge in [-0.3, -0.25) is 14.4 Å². The molecule has 0 radical (unpaired) electrons. The van der Waals surface area contributed by atoms with Gasteiger partial charge < -0.3 is 20.4 Å². The highest BCUT2D eigenvalue weighted by Crippen LogP contribution is 2.68. The number of carbonyl (C=O) groups is 3. The Bertz CT molecular complexity index is 865. The van der Waals surface area contributed by atoms with Crippen molar-refractivity contribution >= 4 is 17.5 Å². The Morgan fingerprint density at radius 1 is 1.15 bits per heavy atom. The number of aliphatic carboxylic acids is 1. The summed E-state index contributed by atoms with van der Waals surface area (Å²) in [7, 11) is 0. The maximum atomic E-state index is 12.8. The molecule has 4 aliphatic rings. The Kier molecular flexibility index (Phi) is 6.38. The molecule has 3 saturated carbocycles. The molecule has 0 spiro atoms. The molecule has 1 unspecified atom stereocenters. The van der Waals surface area contributed by atoms with Gasteiger partial charge in [-0.25, -0.2) is 0 Å². The number of carbonyl (C=O) groups excluding carboxylic acids is 2. The summed E-state index contributed by atoms with van der Waals surface area (Å²) in [6, 6.07) is 0. The van der Waals surface area contributed by atoms with Crippen LogP contribution in [-0.2, 0) is 14.4 Å². The van der Waals surface area contributed by atoms with Gasteiger partial charge in [-0.05, 0) is 80.6 Å². The summed E-state index contributed by atoms with van der Waals surface area (Å²) in [5, 5.41) is 41.2. The van der Waals surface area contributed by atoms with Crippen LogP contribution in [0.5, 0.6) is 0 Å². The van der Waals surface area contributed by atoms with Crippen LogP contribution in [0.4, 0.5) is 0 Å². The van der Waals surface area contributed by atoms with Gasteiger partial charge >= 0.3 is 5.97 Å². The summed E-state index contributed by atoms with van der Waals surface area (Å²) in [6.07, 6.45) is 6.67. The summed E-state index contributed by atoms with van der Waals surface area (Å²) >= 11 is 0. The van der Waals surface area contributed by atoms with Crippen LogP contribution >= 0.6 is 0 Å².